The van der Waals surface area contributed by atoms with Crippen LogP contribution in [0, 0.1) is 0 Å². The second kappa shape index (κ2) is 5.49. The fourth-order valence-electron chi connectivity index (χ4n) is 1.62. The lowest BCUT2D eigenvalue weighted by Gasteiger charge is -2.23. The molecule has 1 N–H and O–H groups in total. The Morgan fingerprint density at radius 3 is 2.67 bits per heavy atom. The van der Waals surface area contributed by atoms with Crippen molar-refractivity contribution in [3.05, 3.63) is 17.4 Å². The highest BCUT2D eigenvalue weighted by Gasteiger charge is 2.20. The Bertz CT molecular complexity index is 297. The number of aromatic nitrogens is 2. The molecule has 2 rings (SSSR count). The normalized spacial score (nSPS) is 19.7. The summed E-state index contributed by atoms with van der Waals surface area (Å²) in [6, 6.07) is 0.496. The third-order valence-corrected chi connectivity index (χ3v) is 2.70. The SMILES string of the molecule is CN(c1ncc(Cl)cn1)[C@@H]1CCNC1.Cl. The van der Waals surface area contributed by atoms with E-state index >= 15 is 0 Å². The molecule has 6 heteroatoms. The van der Waals surface area contributed by atoms with Crippen LogP contribution in [0.1, 0.15) is 6.42 Å². The third-order valence-electron chi connectivity index (χ3n) is 2.50. The van der Waals surface area contributed by atoms with Gasteiger partial charge >= 0.3 is 0 Å². The van der Waals surface area contributed by atoms with E-state index < -0.39 is 0 Å². The highest BCUT2D eigenvalue weighted by molar-refractivity contribution is 6.30. The number of hydrogen-bond donors (Lipinski definition) is 1. The minimum atomic E-state index is 0. The summed E-state index contributed by atoms with van der Waals surface area (Å²) in [6.07, 6.45) is 4.40. The van der Waals surface area contributed by atoms with Crippen molar-refractivity contribution in [2.24, 2.45) is 0 Å². The number of likely N-dealkylation sites (N-methyl/N-ethyl adjacent to an activating group) is 1. The summed E-state index contributed by atoms with van der Waals surface area (Å²) in [6.45, 7) is 2.07. The van der Waals surface area contributed by atoms with Crippen LogP contribution in [0.4, 0.5) is 5.95 Å². The summed E-state index contributed by atoms with van der Waals surface area (Å²) in [5.74, 6) is 0.739. The van der Waals surface area contributed by atoms with Gasteiger partial charge in [-0.2, -0.15) is 0 Å². The molecule has 1 aliphatic rings. The standard InChI is InChI=1S/C9H13ClN4.ClH/c1-14(8-2-3-11-6-8)9-12-4-7(10)5-13-9;/h4-5,8,11H,2-3,6H2,1H3;1H/t8-;/m1./s1. The van der Waals surface area contributed by atoms with E-state index in [2.05, 4.69) is 20.2 Å². The van der Waals surface area contributed by atoms with Gasteiger partial charge in [0.25, 0.3) is 0 Å². The van der Waals surface area contributed by atoms with E-state index in [1.54, 1.807) is 12.4 Å². The molecule has 0 aromatic carbocycles. The zero-order valence-electron chi connectivity index (χ0n) is 8.48. The lowest BCUT2D eigenvalue weighted by Crippen LogP contribution is -2.34. The molecule has 0 spiro atoms. The van der Waals surface area contributed by atoms with E-state index in [0.29, 0.717) is 11.1 Å². The highest BCUT2D eigenvalue weighted by atomic mass is 35.5. The number of halogens is 2. The van der Waals surface area contributed by atoms with E-state index in [-0.39, 0.29) is 12.4 Å². The number of nitrogens with zero attached hydrogens (tertiary/aromatic N) is 3. The zero-order chi connectivity index (χ0) is 9.97. The lowest BCUT2D eigenvalue weighted by molar-refractivity contribution is 0.668. The molecule has 1 saturated heterocycles. The van der Waals surface area contributed by atoms with Gasteiger partial charge in [-0.3, -0.25) is 0 Å². The molecule has 1 aromatic rings. The Balaban J connectivity index is 0.00000112. The molecule has 1 aliphatic heterocycles. The number of rotatable bonds is 2. The van der Waals surface area contributed by atoms with Crippen molar-refractivity contribution in [1.29, 1.82) is 0 Å². The Kier molecular flexibility index (Phi) is 4.57. The van der Waals surface area contributed by atoms with Crippen molar-refractivity contribution >= 4 is 30.0 Å². The molecule has 15 heavy (non-hydrogen) atoms. The van der Waals surface area contributed by atoms with Gasteiger partial charge in [0.2, 0.25) is 5.95 Å². The number of hydrogen-bond acceptors (Lipinski definition) is 4. The van der Waals surface area contributed by atoms with Crippen molar-refractivity contribution in [1.82, 2.24) is 15.3 Å². The third kappa shape index (κ3) is 2.93. The van der Waals surface area contributed by atoms with Gasteiger partial charge in [-0.25, -0.2) is 9.97 Å². The van der Waals surface area contributed by atoms with Crippen LogP contribution in [0.15, 0.2) is 12.4 Å². The molecule has 1 fully saturated rings. The fraction of sp³-hybridized carbons (Fsp3) is 0.556. The van der Waals surface area contributed by atoms with Crippen molar-refractivity contribution < 1.29 is 0 Å². The van der Waals surface area contributed by atoms with E-state index in [1.807, 2.05) is 7.05 Å². The van der Waals surface area contributed by atoms with Crippen LogP contribution in [0.3, 0.4) is 0 Å². The molecule has 0 unspecified atom stereocenters. The van der Waals surface area contributed by atoms with Gasteiger partial charge in [0, 0.05) is 19.6 Å². The number of nitrogens with one attached hydrogen (secondary N) is 1. The summed E-state index contributed by atoms with van der Waals surface area (Å²) in [5.41, 5.74) is 0. The molecular formula is C9H14Cl2N4. The first-order chi connectivity index (χ1) is 6.77. The Hall–Kier alpha value is -0.580. The van der Waals surface area contributed by atoms with E-state index in [0.717, 1.165) is 25.5 Å². The maximum atomic E-state index is 5.72. The lowest BCUT2D eigenvalue weighted by atomic mass is 10.2. The summed E-state index contributed by atoms with van der Waals surface area (Å²) >= 11 is 5.72. The van der Waals surface area contributed by atoms with Gasteiger partial charge in [0.1, 0.15) is 0 Å². The molecule has 84 valence electrons. The second-order valence-electron chi connectivity index (χ2n) is 3.46. The first kappa shape index (κ1) is 12.5. The second-order valence-corrected chi connectivity index (χ2v) is 3.90. The first-order valence-corrected chi connectivity index (χ1v) is 5.06. The average molecular weight is 249 g/mol. The van der Waals surface area contributed by atoms with Crippen LogP contribution in [-0.4, -0.2) is 36.1 Å². The Morgan fingerprint density at radius 2 is 2.13 bits per heavy atom. The van der Waals surface area contributed by atoms with E-state index in [9.17, 15) is 0 Å². The largest absolute Gasteiger partial charge is 0.340 e. The van der Waals surface area contributed by atoms with Crippen molar-refractivity contribution in [3.63, 3.8) is 0 Å². The van der Waals surface area contributed by atoms with Crippen LogP contribution in [0.25, 0.3) is 0 Å². The minimum absolute atomic E-state index is 0. The topological polar surface area (TPSA) is 41.1 Å². The van der Waals surface area contributed by atoms with Crippen LogP contribution in [0.2, 0.25) is 5.02 Å². The molecule has 0 radical (unpaired) electrons. The molecule has 4 nitrogen and oxygen atoms in total. The van der Waals surface area contributed by atoms with Gasteiger partial charge in [-0.1, -0.05) is 11.6 Å². The Morgan fingerprint density at radius 1 is 1.47 bits per heavy atom. The summed E-state index contributed by atoms with van der Waals surface area (Å²) in [4.78, 5) is 10.4. The minimum Gasteiger partial charge on any atom is -0.340 e. The zero-order valence-corrected chi connectivity index (χ0v) is 10.1. The molecule has 0 amide bonds. The molecular weight excluding hydrogens is 235 g/mol. The van der Waals surface area contributed by atoms with E-state index in [1.165, 1.54) is 0 Å². The number of anilines is 1. The predicted molar refractivity (Wildman–Crippen MR) is 64.0 cm³/mol. The molecule has 1 aromatic heterocycles. The molecule has 0 saturated carbocycles. The maximum Gasteiger partial charge on any atom is 0.225 e. The van der Waals surface area contributed by atoms with Crippen molar-refractivity contribution in [2.75, 3.05) is 25.0 Å². The van der Waals surface area contributed by atoms with Crippen LogP contribution in [0.5, 0.6) is 0 Å². The summed E-state index contributed by atoms with van der Waals surface area (Å²) < 4.78 is 0. The average Bonchev–Trinajstić information content (AvgIpc) is 2.71. The highest BCUT2D eigenvalue weighted by Crippen LogP contribution is 2.14. The smallest absolute Gasteiger partial charge is 0.225 e. The van der Waals surface area contributed by atoms with Gasteiger partial charge in [0.05, 0.1) is 17.4 Å². The first-order valence-electron chi connectivity index (χ1n) is 4.68. The van der Waals surface area contributed by atoms with Gasteiger partial charge in [0.15, 0.2) is 0 Å². The molecule has 0 bridgehead atoms. The van der Waals surface area contributed by atoms with Crippen LogP contribution < -0.4 is 10.2 Å². The van der Waals surface area contributed by atoms with Crippen LogP contribution >= 0.6 is 24.0 Å². The van der Waals surface area contributed by atoms with E-state index in [4.69, 9.17) is 11.6 Å². The van der Waals surface area contributed by atoms with Gasteiger partial charge in [-0.05, 0) is 13.0 Å². The molecule has 2 heterocycles. The fourth-order valence-corrected chi connectivity index (χ4v) is 1.72. The van der Waals surface area contributed by atoms with Gasteiger partial charge < -0.3 is 10.2 Å². The van der Waals surface area contributed by atoms with Crippen LogP contribution in [-0.2, 0) is 0 Å². The van der Waals surface area contributed by atoms with Crippen molar-refractivity contribution in [2.45, 2.75) is 12.5 Å². The predicted octanol–water partition coefficient (Wildman–Crippen LogP) is 1.35. The van der Waals surface area contributed by atoms with Crippen molar-refractivity contribution in [3.8, 4) is 0 Å². The summed E-state index contributed by atoms with van der Waals surface area (Å²) in [5, 5.41) is 3.89. The quantitative estimate of drug-likeness (QED) is 0.859. The summed E-state index contributed by atoms with van der Waals surface area (Å²) in [7, 11) is 2.01. The monoisotopic (exact) mass is 248 g/mol. The Labute approximate surface area is 100 Å². The maximum absolute atomic E-state index is 5.72. The molecule has 0 aliphatic carbocycles. The molecule has 1 atom stereocenters. The van der Waals surface area contributed by atoms with Gasteiger partial charge in [-0.15, -0.1) is 12.4 Å².